The number of benzene rings is 2. The zero-order valence-corrected chi connectivity index (χ0v) is 14.0. The van der Waals surface area contributed by atoms with E-state index < -0.39 is 5.92 Å². The van der Waals surface area contributed by atoms with Gasteiger partial charge in [0.25, 0.3) is 0 Å². The Kier molecular flexibility index (Phi) is 3.92. The molecule has 0 spiro atoms. The summed E-state index contributed by atoms with van der Waals surface area (Å²) in [4.78, 5) is 24.7. The summed E-state index contributed by atoms with van der Waals surface area (Å²) in [6.45, 7) is 1.91. The van der Waals surface area contributed by atoms with Crippen molar-refractivity contribution in [3.63, 3.8) is 0 Å². The predicted octanol–water partition coefficient (Wildman–Crippen LogP) is 2.04. The van der Waals surface area contributed by atoms with Crippen molar-refractivity contribution in [2.24, 2.45) is 0 Å². The van der Waals surface area contributed by atoms with Crippen LogP contribution in [0.2, 0.25) is 0 Å². The normalized spacial score (nSPS) is 15.9. The SMILES string of the molecule is Cc1cc(NC(=O)C2CC(=O)Nc3ccccc32)ccc1-n1cnnn1. The Morgan fingerprint density at radius 1 is 1.27 bits per heavy atom. The number of amides is 2. The van der Waals surface area contributed by atoms with Gasteiger partial charge in [0.1, 0.15) is 6.33 Å². The molecule has 0 saturated carbocycles. The quantitative estimate of drug-likeness (QED) is 0.754. The molecule has 2 aromatic carbocycles. The highest BCUT2D eigenvalue weighted by Crippen LogP contribution is 2.33. The first-order valence-corrected chi connectivity index (χ1v) is 8.15. The number of carbonyl (C=O) groups is 2. The van der Waals surface area contributed by atoms with Crippen LogP contribution < -0.4 is 10.6 Å². The molecule has 1 atom stereocenters. The first-order valence-electron chi connectivity index (χ1n) is 8.15. The van der Waals surface area contributed by atoms with Crippen LogP contribution in [0, 0.1) is 6.92 Å². The molecule has 2 amide bonds. The average Bonchev–Trinajstić information content (AvgIpc) is 3.15. The Morgan fingerprint density at radius 2 is 2.12 bits per heavy atom. The van der Waals surface area contributed by atoms with E-state index in [1.54, 1.807) is 16.8 Å². The lowest BCUT2D eigenvalue weighted by atomic mass is 9.90. The second-order valence-corrected chi connectivity index (χ2v) is 6.14. The third-order valence-corrected chi connectivity index (χ3v) is 4.38. The number of fused-ring (bicyclic) bond motifs is 1. The van der Waals surface area contributed by atoms with E-state index in [-0.39, 0.29) is 18.2 Å². The first kappa shape index (κ1) is 15.9. The van der Waals surface area contributed by atoms with Crippen LogP contribution in [-0.4, -0.2) is 32.0 Å². The topological polar surface area (TPSA) is 102 Å². The zero-order valence-electron chi connectivity index (χ0n) is 14.0. The smallest absolute Gasteiger partial charge is 0.232 e. The van der Waals surface area contributed by atoms with Crippen molar-refractivity contribution in [3.8, 4) is 5.69 Å². The van der Waals surface area contributed by atoms with Crippen molar-refractivity contribution in [1.29, 1.82) is 0 Å². The number of nitrogens with one attached hydrogen (secondary N) is 2. The molecule has 1 unspecified atom stereocenters. The summed E-state index contributed by atoms with van der Waals surface area (Å²) in [5.41, 5.74) is 3.92. The summed E-state index contributed by atoms with van der Waals surface area (Å²) in [5, 5.41) is 16.8. The molecule has 3 aromatic rings. The molecular formula is C18H16N6O2. The van der Waals surface area contributed by atoms with E-state index in [0.29, 0.717) is 11.4 Å². The number of tetrazole rings is 1. The largest absolute Gasteiger partial charge is 0.326 e. The predicted molar refractivity (Wildman–Crippen MR) is 95.0 cm³/mol. The van der Waals surface area contributed by atoms with E-state index in [1.807, 2.05) is 37.3 Å². The number of hydrogen-bond donors (Lipinski definition) is 2. The molecule has 26 heavy (non-hydrogen) atoms. The van der Waals surface area contributed by atoms with E-state index in [0.717, 1.165) is 16.8 Å². The zero-order chi connectivity index (χ0) is 18.1. The molecule has 1 aliphatic heterocycles. The van der Waals surface area contributed by atoms with Crippen molar-refractivity contribution < 1.29 is 9.59 Å². The fourth-order valence-electron chi connectivity index (χ4n) is 3.14. The van der Waals surface area contributed by atoms with Gasteiger partial charge in [-0.1, -0.05) is 18.2 Å². The van der Waals surface area contributed by atoms with Gasteiger partial charge in [-0.05, 0) is 52.7 Å². The molecule has 130 valence electrons. The molecular weight excluding hydrogens is 332 g/mol. The average molecular weight is 348 g/mol. The highest BCUT2D eigenvalue weighted by atomic mass is 16.2. The molecule has 8 nitrogen and oxygen atoms in total. The Hall–Kier alpha value is -3.55. The van der Waals surface area contributed by atoms with Crippen molar-refractivity contribution in [1.82, 2.24) is 20.2 Å². The van der Waals surface area contributed by atoms with Crippen LogP contribution in [0.4, 0.5) is 11.4 Å². The fraction of sp³-hybridized carbons (Fsp3) is 0.167. The minimum atomic E-state index is -0.514. The van der Waals surface area contributed by atoms with Gasteiger partial charge in [-0.3, -0.25) is 9.59 Å². The standard InChI is InChI=1S/C18H16N6O2/c1-11-8-12(6-7-16(11)24-10-19-22-23-24)20-18(26)14-9-17(25)21-15-5-3-2-4-13(14)15/h2-8,10,14H,9H2,1H3,(H,20,26)(H,21,25). The highest BCUT2D eigenvalue weighted by Gasteiger charge is 2.30. The number of nitrogens with zero attached hydrogens (tertiary/aromatic N) is 4. The maximum atomic E-state index is 12.8. The molecule has 0 fully saturated rings. The second kappa shape index (κ2) is 6.40. The third kappa shape index (κ3) is 2.92. The van der Waals surface area contributed by atoms with Crippen molar-refractivity contribution in [2.75, 3.05) is 10.6 Å². The van der Waals surface area contributed by atoms with Gasteiger partial charge in [0, 0.05) is 17.8 Å². The van der Waals surface area contributed by atoms with Gasteiger partial charge >= 0.3 is 0 Å². The number of aryl methyl sites for hydroxylation is 1. The molecule has 1 aromatic heterocycles. The summed E-state index contributed by atoms with van der Waals surface area (Å²) in [6, 6.07) is 12.8. The molecule has 0 radical (unpaired) electrons. The van der Waals surface area contributed by atoms with Crippen LogP contribution in [0.25, 0.3) is 5.69 Å². The van der Waals surface area contributed by atoms with Crippen molar-refractivity contribution in [2.45, 2.75) is 19.3 Å². The summed E-state index contributed by atoms with van der Waals surface area (Å²) in [7, 11) is 0. The van der Waals surface area contributed by atoms with Gasteiger partial charge in [0.15, 0.2) is 0 Å². The Balaban J connectivity index is 1.57. The number of hydrogen-bond acceptors (Lipinski definition) is 5. The fourth-order valence-corrected chi connectivity index (χ4v) is 3.14. The van der Waals surface area contributed by atoms with Gasteiger partial charge in [0.05, 0.1) is 11.6 Å². The van der Waals surface area contributed by atoms with E-state index in [1.165, 1.54) is 6.33 Å². The van der Waals surface area contributed by atoms with Crippen LogP contribution in [0.15, 0.2) is 48.8 Å². The minimum Gasteiger partial charge on any atom is -0.326 e. The highest BCUT2D eigenvalue weighted by molar-refractivity contribution is 6.05. The third-order valence-electron chi connectivity index (χ3n) is 4.38. The summed E-state index contributed by atoms with van der Waals surface area (Å²) < 4.78 is 1.56. The van der Waals surface area contributed by atoms with Gasteiger partial charge in [0.2, 0.25) is 11.8 Å². The molecule has 1 aliphatic rings. The van der Waals surface area contributed by atoms with Gasteiger partial charge < -0.3 is 10.6 Å². The van der Waals surface area contributed by atoms with E-state index in [4.69, 9.17) is 0 Å². The minimum absolute atomic E-state index is 0.130. The molecule has 2 heterocycles. The van der Waals surface area contributed by atoms with Crippen LogP contribution in [0.1, 0.15) is 23.5 Å². The number of carbonyl (C=O) groups excluding carboxylic acids is 2. The molecule has 2 N–H and O–H groups in total. The van der Waals surface area contributed by atoms with Crippen LogP contribution in [0.3, 0.4) is 0 Å². The lowest BCUT2D eigenvalue weighted by Crippen LogP contribution is -2.30. The molecule has 8 heteroatoms. The van der Waals surface area contributed by atoms with Crippen LogP contribution >= 0.6 is 0 Å². The van der Waals surface area contributed by atoms with Gasteiger partial charge in [-0.2, -0.15) is 0 Å². The van der Waals surface area contributed by atoms with Crippen LogP contribution in [-0.2, 0) is 9.59 Å². The molecule has 0 saturated heterocycles. The van der Waals surface area contributed by atoms with E-state index >= 15 is 0 Å². The van der Waals surface area contributed by atoms with Gasteiger partial charge in [-0.15, -0.1) is 5.10 Å². The Morgan fingerprint density at radius 3 is 2.88 bits per heavy atom. The van der Waals surface area contributed by atoms with Crippen molar-refractivity contribution >= 4 is 23.2 Å². The Bertz CT molecular complexity index is 983. The monoisotopic (exact) mass is 348 g/mol. The number of rotatable bonds is 3. The van der Waals surface area contributed by atoms with E-state index in [9.17, 15) is 9.59 Å². The summed E-state index contributed by atoms with van der Waals surface area (Å²) in [5.74, 6) is -0.879. The lowest BCUT2D eigenvalue weighted by Gasteiger charge is -2.24. The maximum absolute atomic E-state index is 12.8. The first-order chi connectivity index (χ1) is 12.6. The number of anilines is 2. The summed E-state index contributed by atoms with van der Waals surface area (Å²) >= 11 is 0. The van der Waals surface area contributed by atoms with E-state index in [2.05, 4.69) is 26.2 Å². The molecule has 0 bridgehead atoms. The van der Waals surface area contributed by atoms with Gasteiger partial charge in [-0.25, -0.2) is 4.68 Å². The Labute approximate surface area is 149 Å². The van der Waals surface area contributed by atoms with Crippen molar-refractivity contribution in [3.05, 3.63) is 59.9 Å². The molecule has 4 rings (SSSR count). The van der Waals surface area contributed by atoms with Crippen LogP contribution in [0.5, 0.6) is 0 Å². The summed E-state index contributed by atoms with van der Waals surface area (Å²) in [6.07, 6.45) is 1.64. The second-order valence-electron chi connectivity index (χ2n) is 6.14. The lowest BCUT2D eigenvalue weighted by molar-refractivity contribution is -0.123. The number of para-hydroxylation sites is 1. The maximum Gasteiger partial charge on any atom is 0.232 e. The molecule has 0 aliphatic carbocycles. The number of aromatic nitrogens is 4.